The predicted molar refractivity (Wildman–Crippen MR) is 53.3 cm³/mol. The number of rotatable bonds is 1. The molecule has 0 saturated heterocycles. The number of aromatic nitrogens is 2. The fraction of sp³-hybridized carbons (Fsp3) is 0.500. The van der Waals surface area contributed by atoms with Gasteiger partial charge in [-0.05, 0) is 12.5 Å². The summed E-state index contributed by atoms with van der Waals surface area (Å²) in [6, 6.07) is 2.02. The molecule has 0 aliphatic carbocycles. The summed E-state index contributed by atoms with van der Waals surface area (Å²) in [5.41, 5.74) is 2.01. The third-order valence-corrected chi connectivity index (χ3v) is 1.79. The lowest BCUT2D eigenvalue weighted by atomic mass is 10.4. The van der Waals surface area contributed by atoms with Crippen molar-refractivity contribution in [2.45, 2.75) is 27.3 Å². The zero-order chi connectivity index (χ0) is 9.56. The lowest BCUT2D eigenvalue weighted by Gasteiger charge is -1.86. The summed E-state index contributed by atoms with van der Waals surface area (Å²) in [6.07, 6.45) is 1.85. The zero-order valence-electron chi connectivity index (χ0n) is 7.70. The van der Waals surface area contributed by atoms with Crippen molar-refractivity contribution in [1.82, 2.24) is 9.78 Å². The van der Waals surface area contributed by atoms with E-state index < -0.39 is 0 Å². The van der Waals surface area contributed by atoms with Crippen LogP contribution in [0.3, 0.4) is 0 Å². The number of nitriles is 1. The fourth-order valence-electron chi connectivity index (χ4n) is 0.689. The third-order valence-electron chi connectivity index (χ3n) is 1.22. The predicted octanol–water partition coefficient (Wildman–Crippen LogP) is 1.24. The van der Waals surface area contributed by atoms with E-state index in [1.54, 1.807) is 4.68 Å². The minimum Gasteiger partial charge on any atom is -0.258 e. The van der Waals surface area contributed by atoms with Gasteiger partial charge >= 0.3 is 0 Å². The van der Waals surface area contributed by atoms with E-state index in [1.807, 2.05) is 33.0 Å². The van der Waals surface area contributed by atoms with Crippen molar-refractivity contribution >= 4 is 14.7 Å². The molecule has 1 aromatic heterocycles. The van der Waals surface area contributed by atoms with Crippen molar-refractivity contribution < 1.29 is 0 Å². The Hall–Kier alpha value is -0.870. The van der Waals surface area contributed by atoms with Gasteiger partial charge in [-0.1, -0.05) is 23.1 Å². The zero-order valence-corrected chi connectivity index (χ0v) is 8.86. The smallest absolute Gasteiger partial charge is 0.128 e. The van der Waals surface area contributed by atoms with Gasteiger partial charge in [-0.25, -0.2) is 0 Å². The molecular weight excluding hydrogens is 169 g/mol. The Morgan fingerprint density at radius 1 is 1.67 bits per heavy atom. The minimum absolute atomic E-state index is 0.329. The monoisotopic (exact) mass is 183 g/mol. The van der Waals surface area contributed by atoms with Crippen LogP contribution in [0.15, 0.2) is 6.20 Å². The van der Waals surface area contributed by atoms with Gasteiger partial charge in [-0.15, -0.1) is 0 Å². The van der Waals surface area contributed by atoms with Gasteiger partial charge in [-0.3, -0.25) is 4.68 Å². The van der Waals surface area contributed by atoms with Gasteiger partial charge in [0.2, 0.25) is 0 Å². The molecule has 3 nitrogen and oxygen atoms in total. The van der Waals surface area contributed by atoms with Gasteiger partial charge < -0.3 is 0 Å². The second kappa shape index (κ2) is 5.74. The summed E-state index contributed by atoms with van der Waals surface area (Å²) in [7, 11) is 2.52. The molecule has 1 atom stereocenters. The fourth-order valence-corrected chi connectivity index (χ4v) is 0.912. The summed E-state index contributed by atoms with van der Waals surface area (Å²) in [5, 5.41) is 12.4. The van der Waals surface area contributed by atoms with Crippen LogP contribution in [0.25, 0.3) is 0 Å². The molecule has 0 radical (unpaired) electrons. The van der Waals surface area contributed by atoms with Gasteiger partial charge in [0, 0.05) is 6.20 Å². The van der Waals surface area contributed by atoms with E-state index in [-0.39, 0.29) is 0 Å². The summed E-state index contributed by atoms with van der Waals surface area (Å²) in [5.74, 6) is 0. The van der Waals surface area contributed by atoms with Crippen molar-refractivity contribution in [3.63, 3.8) is 0 Å². The van der Waals surface area contributed by atoms with Crippen molar-refractivity contribution in [3.05, 3.63) is 11.8 Å². The van der Waals surface area contributed by atoms with Crippen LogP contribution in [-0.4, -0.2) is 9.78 Å². The molecule has 1 heterocycles. The van der Waals surface area contributed by atoms with Gasteiger partial charge in [0.25, 0.3) is 0 Å². The molecule has 1 rings (SSSR count). The maximum Gasteiger partial charge on any atom is 0.128 e. The average Bonchev–Trinajstić information content (AvgIpc) is 2.36. The highest BCUT2D eigenvalue weighted by atomic mass is 31.0. The molecule has 0 saturated carbocycles. The molecule has 1 unspecified atom stereocenters. The van der Waals surface area contributed by atoms with Crippen molar-refractivity contribution in [3.8, 4) is 6.07 Å². The minimum atomic E-state index is 0.329. The van der Waals surface area contributed by atoms with E-state index in [4.69, 9.17) is 5.26 Å². The van der Waals surface area contributed by atoms with Crippen molar-refractivity contribution in [2.24, 2.45) is 0 Å². The molecule has 0 fully saturated rings. The first-order valence-corrected chi connectivity index (χ1v) is 4.48. The lowest BCUT2D eigenvalue weighted by molar-refractivity contribution is 0.716. The lowest BCUT2D eigenvalue weighted by Crippen LogP contribution is -2.00. The number of aryl methyl sites for hydroxylation is 1. The largest absolute Gasteiger partial charge is 0.258 e. The molecule has 0 aliphatic rings. The van der Waals surface area contributed by atoms with Crippen LogP contribution in [0, 0.1) is 18.3 Å². The summed E-state index contributed by atoms with van der Waals surface area (Å²) >= 11 is 0. The first-order valence-electron chi connectivity index (χ1n) is 3.90. The second-order valence-electron chi connectivity index (χ2n) is 2.05. The molecule has 0 aromatic carbocycles. The summed E-state index contributed by atoms with van der Waals surface area (Å²) in [6.45, 7) is 6.29. The molecule has 0 amide bonds. The second-order valence-corrected chi connectivity index (χ2v) is 2.60. The van der Waals surface area contributed by atoms with Gasteiger partial charge in [-0.2, -0.15) is 10.4 Å². The first kappa shape index (κ1) is 11.1. The Morgan fingerprint density at radius 2 is 2.25 bits per heavy atom. The number of hydrogen-bond donors (Lipinski definition) is 0. The molecule has 66 valence electrons. The van der Waals surface area contributed by atoms with E-state index in [1.165, 1.54) is 0 Å². The van der Waals surface area contributed by atoms with Crippen molar-refractivity contribution in [1.29, 1.82) is 5.26 Å². The SMILES string of the molecule is CC.Cc1cn(CC#N)nc1P. The van der Waals surface area contributed by atoms with E-state index >= 15 is 0 Å². The summed E-state index contributed by atoms with van der Waals surface area (Å²) < 4.78 is 1.62. The highest BCUT2D eigenvalue weighted by molar-refractivity contribution is 7.27. The maximum absolute atomic E-state index is 8.30. The quantitative estimate of drug-likeness (QED) is 0.615. The standard InChI is InChI=1S/C6H8N3P.C2H6/c1-5-4-9(3-2-7)8-6(5)10;1-2/h4H,3,10H2,1H3;1-2H3. The molecule has 0 aliphatic heterocycles. The van der Waals surface area contributed by atoms with Crippen molar-refractivity contribution in [2.75, 3.05) is 0 Å². The molecular formula is C8H14N3P. The third kappa shape index (κ3) is 3.02. The van der Waals surface area contributed by atoms with Crippen LogP contribution in [0.2, 0.25) is 0 Å². The molecule has 12 heavy (non-hydrogen) atoms. The van der Waals surface area contributed by atoms with Crippen LogP contribution >= 0.6 is 9.24 Å². The van der Waals surface area contributed by atoms with Crippen LogP contribution in [0.1, 0.15) is 19.4 Å². The molecule has 4 heteroatoms. The number of hydrogen-bond acceptors (Lipinski definition) is 2. The highest BCUT2D eigenvalue weighted by Gasteiger charge is 1.97. The van der Waals surface area contributed by atoms with E-state index in [2.05, 4.69) is 14.3 Å². The van der Waals surface area contributed by atoms with E-state index in [0.717, 1.165) is 11.0 Å². The Kier molecular flexibility index (Phi) is 5.32. The normalized spacial score (nSPS) is 8.25. The topological polar surface area (TPSA) is 41.6 Å². The molecule has 0 N–H and O–H groups in total. The Bertz CT molecular complexity index is 253. The first-order chi connectivity index (χ1) is 5.74. The summed E-state index contributed by atoms with van der Waals surface area (Å²) in [4.78, 5) is 0. The highest BCUT2D eigenvalue weighted by Crippen LogP contribution is 1.95. The van der Waals surface area contributed by atoms with Crippen LogP contribution in [0.4, 0.5) is 0 Å². The van der Waals surface area contributed by atoms with Gasteiger partial charge in [0.1, 0.15) is 6.54 Å². The average molecular weight is 183 g/mol. The van der Waals surface area contributed by atoms with Crippen LogP contribution in [0.5, 0.6) is 0 Å². The maximum atomic E-state index is 8.30. The Balaban J connectivity index is 0.000000561. The molecule has 0 spiro atoms. The Morgan fingerprint density at radius 3 is 2.58 bits per heavy atom. The van der Waals surface area contributed by atoms with Gasteiger partial charge in [0.05, 0.1) is 11.5 Å². The van der Waals surface area contributed by atoms with Gasteiger partial charge in [0.15, 0.2) is 0 Å². The molecule has 0 bridgehead atoms. The van der Waals surface area contributed by atoms with E-state index in [0.29, 0.717) is 6.54 Å². The van der Waals surface area contributed by atoms with E-state index in [9.17, 15) is 0 Å². The molecule has 1 aromatic rings. The van der Waals surface area contributed by atoms with Crippen LogP contribution < -0.4 is 5.44 Å². The van der Waals surface area contributed by atoms with Crippen LogP contribution in [-0.2, 0) is 6.54 Å². The number of nitrogens with zero attached hydrogens (tertiary/aromatic N) is 3. The Labute approximate surface area is 75.6 Å².